The highest BCUT2D eigenvalue weighted by molar-refractivity contribution is 7.14. The van der Waals surface area contributed by atoms with Crippen molar-refractivity contribution in [3.8, 4) is 10.8 Å². The Balaban J connectivity index is 1.64. The van der Waals surface area contributed by atoms with Gasteiger partial charge in [0.25, 0.3) is 0 Å². The second-order valence-electron chi connectivity index (χ2n) is 5.53. The van der Waals surface area contributed by atoms with Crippen molar-refractivity contribution >= 4 is 22.7 Å². The molecule has 5 heteroatoms. The van der Waals surface area contributed by atoms with Crippen LogP contribution in [0.3, 0.4) is 0 Å². The van der Waals surface area contributed by atoms with Crippen molar-refractivity contribution in [3.63, 3.8) is 0 Å². The van der Waals surface area contributed by atoms with Gasteiger partial charge in [0.05, 0.1) is 18.0 Å². The molecular formula is C19H14NO3S-. The quantitative estimate of drug-likeness (QED) is 0.736. The van der Waals surface area contributed by atoms with E-state index < -0.39 is 5.92 Å². The number of rotatable bonds is 4. The number of allylic oxidation sites excluding steroid dienone is 2. The van der Waals surface area contributed by atoms with Crippen molar-refractivity contribution in [1.82, 2.24) is 4.57 Å². The van der Waals surface area contributed by atoms with Gasteiger partial charge in [0.2, 0.25) is 0 Å². The Morgan fingerprint density at radius 1 is 1.08 bits per heavy atom. The predicted molar refractivity (Wildman–Crippen MR) is 91.3 cm³/mol. The second-order valence-corrected chi connectivity index (χ2v) is 6.63. The van der Waals surface area contributed by atoms with Gasteiger partial charge in [-0.05, 0) is 42.0 Å². The zero-order valence-electron chi connectivity index (χ0n) is 12.9. The van der Waals surface area contributed by atoms with Gasteiger partial charge in [0.1, 0.15) is 5.75 Å². The normalized spacial score (nSPS) is 17.0. The first-order valence-corrected chi connectivity index (χ1v) is 8.33. The first-order valence-electron chi connectivity index (χ1n) is 7.52. The number of nitrogens with zero attached hydrogens (tertiary/aromatic N) is 1. The van der Waals surface area contributed by atoms with Gasteiger partial charge in [-0.3, -0.25) is 4.79 Å². The number of carbonyl (C=O) groups excluding carboxylic acids is 1. The maximum Gasteiger partial charge on any atom is 0.174 e. The van der Waals surface area contributed by atoms with Crippen LogP contribution in [0.25, 0.3) is 10.6 Å². The van der Waals surface area contributed by atoms with Crippen LogP contribution in [0, 0.1) is 0 Å². The van der Waals surface area contributed by atoms with Crippen LogP contribution in [0.4, 0.5) is 0 Å². The van der Waals surface area contributed by atoms with Gasteiger partial charge < -0.3 is 14.4 Å². The molecule has 0 bridgehead atoms. The standard InChI is InChI=1S/C19H15NO3S/c1-23-13-6-4-12(5-7-13)16-18(21)17(19(16)22)14-8-9-15(24-14)20-10-2-3-11-20/h2-11,17,21H,1H3/p-1. The Kier molecular flexibility index (Phi) is 3.50. The Labute approximate surface area is 143 Å². The molecule has 0 radical (unpaired) electrons. The molecule has 1 aliphatic carbocycles. The molecule has 1 unspecified atom stereocenters. The number of benzene rings is 1. The van der Waals surface area contributed by atoms with Gasteiger partial charge in [-0.25, -0.2) is 0 Å². The second kappa shape index (κ2) is 5.69. The first kappa shape index (κ1) is 14.8. The lowest BCUT2D eigenvalue weighted by atomic mass is 9.78. The third kappa shape index (κ3) is 2.25. The van der Waals surface area contributed by atoms with E-state index in [0.29, 0.717) is 16.9 Å². The van der Waals surface area contributed by atoms with E-state index >= 15 is 0 Å². The minimum atomic E-state index is -0.656. The monoisotopic (exact) mass is 336 g/mol. The predicted octanol–water partition coefficient (Wildman–Crippen LogP) is 2.99. The zero-order valence-corrected chi connectivity index (χ0v) is 13.7. The number of methoxy groups -OCH3 is 1. The van der Waals surface area contributed by atoms with Crippen molar-refractivity contribution in [2.45, 2.75) is 5.92 Å². The van der Waals surface area contributed by atoms with Gasteiger partial charge in [-0.2, -0.15) is 0 Å². The van der Waals surface area contributed by atoms with E-state index in [4.69, 9.17) is 4.74 Å². The smallest absolute Gasteiger partial charge is 0.174 e. The lowest BCUT2D eigenvalue weighted by Crippen LogP contribution is -2.34. The molecule has 4 nitrogen and oxygen atoms in total. The third-order valence-electron chi connectivity index (χ3n) is 4.15. The van der Waals surface area contributed by atoms with E-state index in [-0.39, 0.29) is 11.5 Å². The summed E-state index contributed by atoms with van der Waals surface area (Å²) in [4.78, 5) is 13.3. The molecule has 1 aliphatic rings. The molecule has 3 aromatic rings. The van der Waals surface area contributed by atoms with E-state index in [2.05, 4.69) is 0 Å². The van der Waals surface area contributed by atoms with Gasteiger partial charge in [-0.1, -0.05) is 12.1 Å². The largest absolute Gasteiger partial charge is 0.874 e. The highest BCUT2D eigenvalue weighted by Gasteiger charge is 2.36. The fourth-order valence-electron chi connectivity index (χ4n) is 2.87. The van der Waals surface area contributed by atoms with Crippen LogP contribution in [0.5, 0.6) is 5.75 Å². The van der Waals surface area contributed by atoms with E-state index in [1.54, 1.807) is 31.4 Å². The fraction of sp³-hybridized carbons (Fsp3) is 0.105. The summed E-state index contributed by atoms with van der Waals surface area (Å²) in [5.74, 6) is -0.168. The SMILES string of the molecule is COc1ccc(C2=C([O-])C(c3ccc(-n4cccc4)s3)C2=O)cc1. The van der Waals surface area contributed by atoms with Crippen molar-refractivity contribution in [1.29, 1.82) is 0 Å². The van der Waals surface area contributed by atoms with Gasteiger partial charge in [0, 0.05) is 22.8 Å². The van der Waals surface area contributed by atoms with Crippen LogP contribution in [0.1, 0.15) is 16.4 Å². The molecule has 120 valence electrons. The molecule has 0 spiro atoms. The molecule has 0 saturated carbocycles. The summed E-state index contributed by atoms with van der Waals surface area (Å²) in [5.41, 5.74) is 0.947. The summed E-state index contributed by atoms with van der Waals surface area (Å²) in [6, 6.07) is 14.7. The average molecular weight is 336 g/mol. The highest BCUT2D eigenvalue weighted by Crippen LogP contribution is 2.44. The maximum absolute atomic E-state index is 12.5. The van der Waals surface area contributed by atoms with Crippen LogP contribution in [-0.4, -0.2) is 17.5 Å². The molecule has 0 aliphatic heterocycles. The molecule has 0 N–H and O–H groups in total. The lowest BCUT2D eigenvalue weighted by Gasteiger charge is -2.36. The summed E-state index contributed by atoms with van der Waals surface area (Å²) < 4.78 is 7.07. The molecule has 0 amide bonds. The molecule has 1 atom stereocenters. The minimum absolute atomic E-state index is 0.105. The summed E-state index contributed by atoms with van der Waals surface area (Å²) >= 11 is 1.47. The fourth-order valence-corrected chi connectivity index (χ4v) is 3.94. The molecular weight excluding hydrogens is 322 g/mol. The number of hydrogen-bond donors (Lipinski definition) is 0. The van der Waals surface area contributed by atoms with Gasteiger partial charge >= 0.3 is 0 Å². The number of aromatic nitrogens is 1. The molecule has 2 heterocycles. The molecule has 4 rings (SSSR count). The number of carbonyl (C=O) groups is 1. The van der Waals surface area contributed by atoms with Crippen LogP contribution in [0.2, 0.25) is 0 Å². The van der Waals surface area contributed by atoms with Crippen molar-refractivity contribution < 1.29 is 14.6 Å². The molecule has 0 saturated heterocycles. The molecule has 24 heavy (non-hydrogen) atoms. The van der Waals surface area contributed by atoms with Crippen LogP contribution in [0.15, 0.2) is 66.7 Å². The Morgan fingerprint density at radius 3 is 2.42 bits per heavy atom. The minimum Gasteiger partial charge on any atom is -0.874 e. The van der Waals surface area contributed by atoms with Crippen LogP contribution < -0.4 is 9.84 Å². The van der Waals surface area contributed by atoms with E-state index in [9.17, 15) is 9.90 Å². The number of ether oxygens (including phenoxy) is 1. The Morgan fingerprint density at radius 2 is 1.79 bits per heavy atom. The molecule has 2 aromatic heterocycles. The number of Topliss-reactive ketones (excluding diaryl/α,β-unsaturated/α-hetero) is 1. The van der Waals surface area contributed by atoms with E-state index in [1.165, 1.54) is 11.3 Å². The highest BCUT2D eigenvalue weighted by atomic mass is 32.1. The van der Waals surface area contributed by atoms with Gasteiger partial charge in [0.15, 0.2) is 5.78 Å². The van der Waals surface area contributed by atoms with E-state index in [1.807, 2.05) is 41.2 Å². The topological polar surface area (TPSA) is 54.3 Å². The van der Waals surface area contributed by atoms with Crippen molar-refractivity contribution in [3.05, 3.63) is 77.1 Å². The molecule has 1 aromatic carbocycles. The lowest BCUT2D eigenvalue weighted by molar-refractivity contribution is -0.309. The maximum atomic E-state index is 12.5. The Bertz CT molecular complexity index is 920. The third-order valence-corrected chi connectivity index (χ3v) is 5.32. The summed E-state index contributed by atoms with van der Waals surface area (Å²) in [5, 5.41) is 13.5. The first-order chi connectivity index (χ1) is 11.7. The van der Waals surface area contributed by atoms with Gasteiger partial charge in [-0.15, -0.1) is 17.1 Å². The van der Waals surface area contributed by atoms with Crippen LogP contribution >= 0.6 is 11.3 Å². The number of ketones is 1. The van der Waals surface area contributed by atoms with E-state index in [0.717, 1.165) is 9.88 Å². The summed E-state index contributed by atoms with van der Waals surface area (Å²) in [7, 11) is 1.58. The number of thiophene rings is 1. The Hall–Kier alpha value is -2.79. The zero-order chi connectivity index (χ0) is 16.7. The summed E-state index contributed by atoms with van der Waals surface area (Å²) in [6.07, 6.45) is 3.88. The number of hydrogen-bond acceptors (Lipinski definition) is 4. The summed E-state index contributed by atoms with van der Waals surface area (Å²) in [6.45, 7) is 0. The van der Waals surface area contributed by atoms with Crippen molar-refractivity contribution in [2.75, 3.05) is 7.11 Å². The van der Waals surface area contributed by atoms with Crippen molar-refractivity contribution in [2.24, 2.45) is 0 Å². The average Bonchev–Trinajstić information content (AvgIpc) is 3.27. The molecule has 0 fully saturated rings. The van der Waals surface area contributed by atoms with Crippen LogP contribution in [-0.2, 0) is 4.79 Å².